The van der Waals surface area contributed by atoms with E-state index in [0.29, 0.717) is 28.6 Å². The molecule has 2 N–H and O–H groups in total. The third-order valence-corrected chi connectivity index (χ3v) is 4.87. The van der Waals surface area contributed by atoms with Crippen molar-refractivity contribution in [1.29, 1.82) is 0 Å². The van der Waals surface area contributed by atoms with Crippen molar-refractivity contribution in [2.45, 2.75) is 20.8 Å². The molecule has 1 aromatic heterocycles. The average Bonchev–Trinajstić information content (AvgIpc) is 2.75. The molecule has 10 heteroatoms. The SMILES string of the molecule is Cc1c(Cl)cccc1Nc1ncnc(Nc2ccc(C(=O)OCC(C)C)cc2)c1[N+](=O)[O-]. The second-order valence-corrected chi connectivity index (χ2v) is 7.82. The number of halogens is 1. The average molecular weight is 456 g/mol. The molecule has 0 saturated heterocycles. The number of ether oxygens (including phenoxy) is 1. The molecule has 0 spiro atoms. The van der Waals surface area contributed by atoms with Crippen LogP contribution in [0.3, 0.4) is 0 Å². The Labute approximate surface area is 190 Å². The molecule has 9 nitrogen and oxygen atoms in total. The molecule has 0 bridgehead atoms. The molecule has 0 unspecified atom stereocenters. The van der Waals surface area contributed by atoms with E-state index in [-0.39, 0.29) is 23.2 Å². The zero-order valence-corrected chi connectivity index (χ0v) is 18.5. The van der Waals surface area contributed by atoms with Gasteiger partial charge in [0, 0.05) is 16.4 Å². The van der Waals surface area contributed by atoms with E-state index in [1.807, 2.05) is 13.8 Å². The molecular weight excluding hydrogens is 434 g/mol. The second-order valence-electron chi connectivity index (χ2n) is 7.41. The molecule has 3 rings (SSSR count). The Morgan fingerprint density at radius 2 is 1.78 bits per heavy atom. The van der Waals surface area contributed by atoms with Crippen LogP contribution in [0.4, 0.5) is 28.7 Å². The topological polar surface area (TPSA) is 119 Å². The number of carbonyl (C=O) groups is 1. The predicted octanol–water partition coefficient (Wildman–Crippen LogP) is 5.65. The van der Waals surface area contributed by atoms with Gasteiger partial charge in [-0.05, 0) is 54.8 Å². The van der Waals surface area contributed by atoms with Crippen LogP contribution in [-0.4, -0.2) is 27.5 Å². The molecule has 32 heavy (non-hydrogen) atoms. The third-order valence-electron chi connectivity index (χ3n) is 4.46. The van der Waals surface area contributed by atoms with Crippen LogP contribution in [0.1, 0.15) is 29.8 Å². The highest BCUT2D eigenvalue weighted by atomic mass is 35.5. The lowest BCUT2D eigenvalue weighted by Crippen LogP contribution is -2.10. The van der Waals surface area contributed by atoms with Gasteiger partial charge in [0.2, 0.25) is 11.6 Å². The highest BCUT2D eigenvalue weighted by Crippen LogP contribution is 2.34. The maximum absolute atomic E-state index is 12.1. The lowest BCUT2D eigenvalue weighted by atomic mass is 10.2. The molecule has 0 amide bonds. The Hall–Kier alpha value is -3.72. The fourth-order valence-electron chi connectivity index (χ4n) is 2.76. The van der Waals surface area contributed by atoms with E-state index < -0.39 is 10.9 Å². The number of hydrogen-bond donors (Lipinski definition) is 2. The standard InChI is InChI=1S/C22H22ClN5O4/c1-13(2)11-32-22(29)15-7-9-16(10-8-15)26-20-19(28(30)31)21(25-12-24-20)27-18-6-4-5-17(23)14(18)3/h4-10,12-13H,11H2,1-3H3,(H2,24,25,26,27). The van der Waals surface area contributed by atoms with Crippen molar-refractivity contribution in [2.24, 2.45) is 5.92 Å². The van der Waals surface area contributed by atoms with Gasteiger partial charge in [0.25, 0.3) is 0 Å². The minimum absolute atomic E-state index is 0.00214. The normalized spacial score (nSPS) is 10.7. The molecule has 0 saturated carbocycles. The van der Waals surface area contributed by atoms with Crippen LogP contribution in [0.2, 0.25) is 5.02 Å². The van der Waals surface area contributed by atoms with Crippen molar-refractivity contribution >= 4 is 46.3 Å². The van der Waals surface area contributed by atoms with Crippen molar-refractivity contribution in [1.82, 2.24) is 9.97 Å². The molecule has 0 radical (unpaired) electrons. The minimum atomic E-state index is -0.567. The van der Waals surface area contributed by atoms with Gasteiger partial charge >= 0.3 is 11.7 Å². The van der Waals surface area contributed by atoms with Crippen molar-refractivity contribution in [2.75, 3.05) is 17.2 Å². The van der Waals surface area contributed by atoms with E-state index in [9.17, 15) is 14.9 Å². The van der Waals surface area contributed by atoms with Crippen LogP contribution in [0.25, 0.3) is 0 Å². The maximum Gasteiger partial charge on any atom is 0.353 e. The minimum Gasteiger partial charge on any atom is -0.462 e. The van der Waals surface area contributed by atoms with Gasteiger partial charge in [-0.1, -0.05) is 31.5 Å². The maximum atomic E-state index is 12.1. The van der Waals surface area contributed by atoms with E-state index in [0.717, 1.165) is 5.56 Å². The summed E-state index contributed by atoms with van der Waals surface area (Å²) in [6, 6.07) is 11.6. The molecular formula is C22H22ClN5O4. The van der Waals surface area contributed by atoms with E-state index in [1.165, 1.54) is 6.33 Å². The van der Waals surface area contributed by atoms with Gasteiger partial charge in [-0.25, -0.2) is 14.8 Å². The largest absolute Gasteiger partial charge is 0.462 e. The highest BCUT2D eigenvalue weighted by molar-refractivity contribution is 6.31. The molecule has 3 aromatic rings. The van der Waals surface area contributed by atoms with Gasteiger partial charge in [0.1, 0.15) is 6.33 Å². The second kappa shape index (κ2) is 10.1. The van der Waals surface area contributed by atoms with E-state index in [1.54, 1.807) is 49.4 Å². The lowest BCUT2D eigenvalue weighted by molar-refractivity contribution is -0.383. The van der Waals surface area contributed by atoms with Crippen LogP contribution in [0, 0.1) is 23.0 Å². The number of nitro groups is 1. The monoisotopic (exact) mass is 455 g/mol. The number of esters is 1. The zero-order valence-electron chi connectivity index (χ0n) is 17.8. The number of rotatable bonds is 8. The molecule has 0 aliphatic heterocycles. The van der Waals surface area contributed by atoms with E-state index in [4.69, 9.17) is 16.3 Å². The number of nitrogens with one attached hydrogen (secondary N) is 2. The molecule has 0 aliphatic rings. The number of anilines is 4. The summed E-state index contributed by atoms with van der Waals surface area (Å²) in [6.45, 7) is 6.02. The number of hydrogen-bond acceptors (Lipinski definition) is 8. The van der Waals surface area contributed by atoms with Crippen LogP contribution < -0.4 is 10.6 Å². The Morgan fingerprint density at radius 1 is 1.12 bits per heavy atom. The smallest absolute Gasteiger partial charge is 0.353 e. The van der Waals surface area contributed by atoms with Crippen LogP contribution in [-0.2, 0) is 4.74 Å². The Morgan fingerprint density at radius 3 is 2.41 bits per heavy atom. The Balaban J connectivity index is 1.84. The number of carbonyl (C=O) groups excluding carboxylic acids is 1. The first-order chi connectivity index (χ1) is 15.3. The zero-order chi connectivity index (χ0) is 23.3. The summed E-state index contributed by atoms with van der Waals surface area (Å²) < 4.78 is 5.20. The molecule has 166 valence electrons. The summed E-state index contributed by atoms with van der Waals surface area (Å²) in [4.78, 5) is 31.4. The third kappa shape index (κ3) is 5.50. The summed E-state index contributed by atoms with van der Waals surface area (Å²) in [6.07, 6.45) is 1.22. The van der Waals surface area contributed by atoms with E-state index >= 15 is 0 Å². The first-order valence-electron chi connectivity index (χ1n) is 9.82. The van der Waals surface area contributed by atoms with Crippen LogP contribution in [0.15, 0.2) is 48.8 Å². The number of aromatic nitrogens is 2. The number of nitrogens with zero attached hydrogens (tertiary/aromatic N) is 3. The summed E-state index contributed by atoms with van der Waals surface area (Å²) >= 11 is 6.14. The number of benzene rings is 2. The fourth-order valence-corrected chi connectivity index (χ4v) is 2.93. The molecule has 1 heterocycles. The lowest BCUT2D eigenvalue weighted by Gasteiger charge is -2.12. The van der Waals surface area contributed by atoms with Crippen molar-refractivity contribution in [3.05, 3.63) is 75.1 Å². The van der Waals surface area contributed by atoms with Crippen molar-refractivity contribution < 1.29 is 14.5 Å². The van der Waals surface area contributed by atoms with Crippen LogP contribution >= 0.6 is 11.6 Å². The summed E-state index contributed by atoms with van der Waals surface area (Å²) in [5.41, 5.74) is 1.89. The summed E-state index contributed by atoms with van der Waals surface area (Å²) in [7, 11) is 0. The fraction of sp³-hybridized carbons (Fsp3) is 0.227. The molecule has 0 fully saturated rings. The highest BCUT2D eigenvalue weighted by Gasteiger charge is 2.24. The van der Waals surface area contributed by atoms with Gasteiger partial charge in [0.15, 0.2) is 0 Å². The Bertz CT molecular complexity index is 1140. The van der Waals surface area contributed by atoms with Crippen molar-refractivity contribution in [3.63, 3.8) is 0 Å². The predicted molar refractivity (Wildman–Crippen MR) is 123 cm³/mol. The van der Waals surface area contributed by atoms with Crippen LogP contribution in [0.5, 0.6) is 0 Å². The van der Waals surface area contributed by atoms with Gasteiger partial charge in [-0.15, -0.1) is 0 Å². The molecule has 0 atom stereocenters. The first kappa shape index (κ1) is 23.0. The van der Waals surface area contributed by atoms with Gasteiger partial charge < -0.3 is 15.4 Å². The Kier molecular flexibility index (Phi) is 7.21. The van der Waals surface area contributed by atoms with E-state index in [2.05, 4.69) is 20.6 Å². The quantitative estimate of drug-likeness (QED) is 0.254. The van der Waals surface area contributed by atoms with Gasteiger partial charge in [0.05, 0.1) is 17.1 Å². The van der Waals surface area contributed by atoms with Gasteiger partial charge in [-0.2, -0.15) is 0 Å². The first-order valence-corrected chi connectivity index (χ1v) is 10.2. The van der Waals surface area contributed by atoms with Crippen molar-refractivity contribution in [3.8, 4) is 0 Å². The summed E-state index contributed by atoms with van der Waals surface area (Å²) in [5.74, 6) is -0.174. The molecule has 2 aromatic carbocycles. The summed E-state index contributed by atoms with van der Waals surface area (Å²) in [5, 5.41) is 18.2. The van der Waals surface area contributed by atoms with Gasteiger partial charge in [-0.3, -0.25) is 10.1 Å². The molecule has 0 aliphatic carbocycles.